The third-order valence-electron chi connectivity index (χ3n) is 3.40. The highest BCUT2D eigenvalue weighted by Gasteiger charge is 2.21. The van der Waals surface area contributed by atoms with E-state index in [1.807, 2.05) is 6.07 Å². The number of fused-ring (bicyclic) bond motifs is 1. The van der Waals surface area contributed by atoms with Gasteiger partial charge >= 0.3 is 5.69 Å². The zero-order chi connectivity index (χ0) is 11.8. The summed E-state index contributed by atoms with van der Waals surface area (Å²) >= 11 is 0. The smallest absolute Gasteiger partial charge is 0.317 e. The van der Waals surface area contributed by atoms with Crippen LogP contribution < -0.4 is 11.0 Å². The normalized spacial score (nSPS) is 16.7. The van der Waals surface area contributed by atoms with Crippen LogP contribution in [0, 0.1) is 0 Å². The summed E-state index contributed by atoms with van der Waals surface area (Å²) in [5, 5.41) is 3.24. The van der Waals surface area contributed by atoms with Gasteiger partial charge in [0, 0.05) is 6.04 Å². The van der Waals surface area contributed by atoms with E-state index in [9.17, 15) is 9.28 Å². The Bertz CT molecular complexity index is 601. The Labute approximate surface area is 110 Å². The van der Waals surface area contributed by atoms with Gasteiger partial charge in [-0.3, -0.25) is 4.57 Å². The number of nitrogens with one attached hydrogen (secondary N) is 1. The van der Waals surface area contributed by atoms with Crippen molar-refractivity contribution in [2.75, 3.05) is 13.1 Å². The maximum absolute atomic E-state index is 13.7. The quantitative estimate of drug-likeness (QED) is 0.860. The van der Waals surface area contributed by atoms with Crippen molar-refractivity contribution in [3.05, 3.63) is 34.7 Å². The van der Waals surface area contributed by atoms with Crippen LogP contribution in [0.3, 0.4) is 0 Å². The van der Waals surface area contributed by atoms with Crippen molar-refractivity contribution in [2.24, 2.45) is 0 Å². The second kappa shape index (κ2) is 5.12. The minimum Gasteiger partial charge on any atom is -0.317 e. The maximum atomic E-state index is 13.7. The lowest BCUT2D eigenvalue weighted by Gasteiger charge is -2.23. The summed E-state index contributed by atoms with van der Waals surface area (Å²) in [6.45, 7) is 1.76. The predicted molar refractivity (Wildman–Crippen MR) is 71.1 cm³/mol. The van der Waals surface area contributed by atoms with Gasteiger partial charge in [-0.25, -0.2) is 4.79 Å². The Hall–Kier alpha value is -1.33. The van der Waals surface area contributed by atoms with Gasteiger partial charge in [0.25, 0.3) is 0 Å². The maximum Gasteiger partial charge on any atom is 0.357 e. The second-order valence-corrected chi connectivity index (χ2v) is 4.40. The molecule has 18 heavy (non-hydrogen) atoms. The van der Waals surface area contributed by atoms with E-state index in [4.69, 9.17) is 0 Å². The molecule has 0 bridgehead atoms. The summed E-state index contributed by atoms with van der Waals surface area (Å²) in [5.74, 6) is 0. The minimum absolute atomic E-state index is 0. The molecule has 0 saturated carbocycles. The van der Waals surface area contributed by atoms with E-state index in [0.717, 1.165) is 25.9 Å². The lowest BCUT2D eigenvalue weighted by Crippen LogP contribution is -2.34. The minimum atomic E-state index is -0.557. The van der Waals surface area contributed by atoms with E-state index in [2.05, 4.69) is 5.32 Å². The van der Waals surface area contributed by atoms with Gasteiger partial charge in [0.05, 0.1) is 5.52 Å². The number of hydrogen-bond donors (Lipinski definition) is 1. The molecule has 2 heterocycles. The topological polar surface area (TPSA) is 39.0 Å². The molecule has 1 N–H and O–H groups in total. The van der Waals surface area contributed by atoms with Crippen LogP contribution in [0.2, 0.25) is 0 Å². The molecule has 6 heteroatoms. The molecule has 2 aromatic rings. The average molecular weight is 272 g/mol. The molecule has 1 aliphatic heterocycles. The molecule has 0 amide bonds. The molecule has 1 aromatic heterocycles. The van der Waals surface area contributed by atoms with Crippen molar-refractivity contribution >= 4 is 23.4 Å². The van der Waals surface area contributed by atoms with Crippen LogP contribution in [0.25, 0.3) is 11.0 Å². The van der Waals surface area contributed by atoms with Crippen LogP contribution in [0.1, 0.15) is 18.9 Å². The number of nitrogens with zero attached hydrogens (tertiary/aromatic N) is 2. The largest absolute Gasteiger partial charge is 0.357 e. The van der Waals surface area contributed by atoms with E-state index < -0.39 is 5.69 Å². The molecule has 0 unspecified atom stereocenters. The predicted octanol–water partition coefficient (Wildman–Crippen LogP) is 1.88. The molecule has 0 aliphatic carbocycles. The molecule has 0 atom stereocenters. The number of benzene rings is 1. The first-order valence-corrected chi connectivity index (χ1v) is 5.88. The van der Waals surface area contributed by atoms with E-state index in [1.165, 1.54) is 0 Å². The molecule has 1 aliphatic rings. The second-order valence-electron chi connectivity index (χ2n) is 4.40. The first-order valence-electron chi connectivity index (χ1n) is 5.88. The van der Waals surface area contributed by atoms with Crippen LogP contribution >= 0.6 is 12.4 Å². The Morgan fingerprint density at radius 3 is 2.44 bits per heavy atom. The highest BCUT2D eigenvalue weighted by molar-refractivity contribution is 5.85. The third-order valence-corrected chi connectivity index (χ3v) is 3.40. The summed E-state index contributed by atoms with van der Waals surface area (Å²) < 4.78 is 15.3. The fourth-order valence-electron chi connectivity index (χ4n) is 2.55. The zero-order valence-corrected chi connectivity index (χ0v) is 10.6. The van der Waals surface area contributed by atoms with Gasteiger partial charge in [0.15, 0.2) is 0 Å². The fraction of sp³-hybridized carbons (Fsp3) is 0.417. The summed E-state index contributed by atoms with van der Waals surface area (Å²) in [4.78, 5) is 12.2. The van der Waals surface area contributed by atoms with Gasteiger partial charge < -0.3 is 5.32 Å². The van der Waals surface area contributed by atoms with Crippen molar-refractivity contribution in [2.45, 2.75) is 18.9 Å². The number of piperidine rings is 1. The van der Waals surface area contributed by atoms with Crippen molar-refractivity contribution in [1.82, 2.24) is 14.7 Å². The van der Waals surface area contributed by atoms with Gasteiger partial charge in [-0.1, -0.05) is 16.6 Å². The molecule has 3 rings (SSSR count). The fourth-order valence-corrected chi connectivity index (χ4v) is 2.55. The Morgan fingerprint density at radius 1 is 1.17 bits per heavy atom. The van der Waals surface area contributed by atoms with Gasteiger partial charge in [0.1, 0.15) is 5.52 Å². The van der Waals surface area contributed by atoms with Crippen molar-refractivity contribution < 1.29 is 4.48 Å². The first kappa shape index (κ1) is 13.1. The lowest BCUT2D eigenvalue weighted by molar-refractivity contribution is 0.326. The zero-order valence-electron chi connectivity index (χ0n) is 9.80. The van der Waals surface area contributed by atoms with Crippen LogP contribution in [0.15, 0.2) is 29.1 Å². The van der Waals surface area contributed by atoms with Crippen LogP contribution in [0.5, 0.6) is 0 Å². The summed E-state index contributed by atoms with van der Waals surface area (Å²) in [5.41, 5.74) is 0.487. The average Bonchev–Trinajstić information content (AvgIpc) is 2.64. The van der Waals surface area contributed by atoms with E-state index in [0.29, 0.717) is 11.0 Å². The number of rotatable bonds is 1. The molecular formula is C12H15ClFN3O. The molecule has 1 aromatic carbocycles. The highest BCUT2D eigenvalue weighted by atomic mass is 35.5. The number of para-hydroxylation sites is 2. The standard InChI is InChI=1S/C12H14FN3O.ClH/c13-16-11-4-2-1-3-10(11)15(12(16)17)9-5-7-14-8-6-9;/h1-4,9,14H,5-8H2;1H. The molecule has 98 valence electrons. The van der Waals surface area contributed by atoms with Gasteiger partial charge in [0.2, 0.25) is 0 Å². The molecule has 1 saturated heterocycles. The van der Waals surface area contributed by atoms with E-state index in [1.54, 1.807) is 22.8 Å². The summed E-state index contributed by atoms with van der Waals surface area (Å²) in [7, 11) is 0. The molecule has 4 nitrogen and oxygen atoms in total. The van der Waals surface area contributed by atoms with E-state index >= 15 is 0 Å². The van der Waals surface area contributed by atoms with Crippen LogP contribution in [0.4, 0.5) is 4.48 Å². The Balaban J connectivity index is 0.00000120. The number of hydrogen-bond acceptors (Lipinski definition) is 2. The Kier molecular flexibility index (Phi) is 3.73. The van der Waals surface area contributed by atoms with Crippen molar-refractivity contribution in [1.29, 1.82) is 0 Å². The number of imidazole rings is 1. The molecule has 0 spiro atoms. The van der Waals surface area contributed by atoms with Gasteiger partial charge in [-0.05, 0) is 38.1 Å². The van der Waals surface area contributed by atoms with Crippen molar-refractivity contribution in [3.8, 4) is 0 Å². The number of aromatic nitrogens is 2. The van der Waals surface area contributed by atoms with Crippen molar-refractivity contribution in [3.63, 3.8) is 0 Å². The van der Waals surface area contributed by atoms with E-state index in [-0.39, 0.29) is 23.2 Å². The molecular weight excluding hydrogens is 257 g/mol. The van der Waals surface area contributed by atoms with Gasteiger partial charge in [-0.2, -0.15) is 0 Å². The van der Waals surface area contributed by atoms with Gasteiger partial charge in [-0.15, -0.1) is 17.2 Å². The Morgan fingerprint density at radius 2 is 1.78 bits per heavy atom. The lowest BCUT2D eigenvalue weighted by atomic mass is 10.1. The SMILES string of the molecule is Cl.O=c1n(F)c2ccccc2n1C1CCNCC1. The van der Waals surface area contributed by atoms with Crippen LogP contribution in [-0.2, 0) is 0 Å². The highest BCUT2D eigenvalue weighted by Crippen LogP contribution is 2.22. The monoisotopic (exact) mass is 271 g/mol. The third kappa shape index (κ3) is 1.93. The molecule has 1 fully saturated rings. The molecule has 0 radical (unpaired) electrons. The summed E-state index contributed by atoms with van der Waals surface area (Å²) in [6.07, 6.45) is 1.74. The number of halogens is 2. The van der Waals surface area contributed by atoms with Crippen LogP contribution in [-0.4, -0.2) is 22.4 Å². The first-order chi connectivity index (χ1) is 8.29. The summed E-state index contributed by atoms with van der Waals surface area (Å²) in [6, 6.07) is 7.11.